The van der Waals surface area contributed by atoms with E-state index in [1.165, 1.54) is 51.0 Å². The van der Waals surface area contributed by atoms with Crippen molar-refractivity contribution in [2.24, 2.45) is 0 Å². The molecule has 6 atom stereocenters. The molecule has 0 spiro atoms. The molecule has 0 unspecified atom stereocenters. The molecule has 78 heavy (non-hydrogen) atoms. The van der Waals surface area contributed by atoms with E-state index in [4.69, 9.17) is 116 Å². The zero-order valence-corrected chi connectivity index (χ0v) is 52.6. The summed E-state index contributed by atoms with van der Waals surface area (Å²) in [5.41, 5.74) is -1.73. The van der Waals surface area contributed by atoms with E-state index in [9.17, 15) is 19.2 Å². The highest BCUT2D eigenvalue weighted by molar-refractivity contribution is 7.49. The Morgan fingerprint density at radius 2 is 1.23 bits per heavy atom. The number of ether oxygens (including phenoxy) is 7. The van der Waals surface area contributed by atoms with Crippen LogP contribution in [0.1, 0.15) is 143 Å². The first-order chi connectivity index (χ1) is 36.7. The highest BCUT2D eigenvalue weighted by Crippen LogP contribution is 2.53. The van der Waals surface area contributed by atoms with Gasteiger partial charge in [0.1, 0.15) is 49.1 Å². The topological polar surface area (TPSA) is 190 Å². The number of halogens is 6. The molecule has 16 nitrogen and oxygen atoms in total. The van der Waals surface area contributed by atoms with Crippen LogP contribution in [0, 0.1) is 0 Å². The highest BCUT2D eigenvalue weighted by Gasteiger charge is 2.55. The number of alkyl carbamates (subject to hydrolysis) is 1. The molecule has 1 amide bonds. The molecule has 1 heterocycles. The first-order valence-corrected chi connectivity index (χ1v) is 34.5. The Kier molecular flexibility index (Phi) is 31.8. The van der Waals surface area contributed by atoms with Crippen LogP contribution in [0.15, 0.2) is 60.7 Å². The summed E-state index contributed by atoms with van der Waals surface area (Å²) in [4.78, 5) is 55.5. The van der Waals surface area contributed by atoms with Crippen molar-refractivity contribution < 1.29 is 70.5 Å². The van der Waals surface area contributed by atoms with E-state index in [1.54, 1.807) is 36.4 Å². The molecular weight excluding hydrogens is 1170 g/mol. The normalized spacial score (nSPS) is 18.6. The number of para-hydroxylation sites is 2. The van der Waals surface area contributed by atoms with Crippen molar-refractivity contribution in [1.29, 1.82) is 0 Å². The second kappa shape index (κ2) is 35.6. The minimum absolute atomic E-state index is 0.0342. The number of hydrogen-bond donors (Lipinski definition) is 1. The molecule has 0 aromatic heterocycles. The Morgan fingerprint density at radius 1 is 0.705 bits per heavy atom. The van der Waals surface area contributed by atoms with Gasteiger partial charge in [0, 0.05) is 21.1 Å². The standard InChI is InChI=1S/C54H82Cl6NO15PSi/c1-8-10-12-14-16-17-18-19-23-33-42(70-44(62)34-28-20-15-13-11-9-2)37-45(63)72-48-46(61-50(64)69-39-53(55,56)57)49(67-35-36-78(5,6)7)71-43(38-68-51(65)73-52(3,4)54(58,59)60)47(48)76-77(66,74-40-29-24-21-25-30-40)75-41-31-26-22-27-32-41/h21-22,24-27,29-32,42-43,46-49H,8-20,23,28,33-39H2,1-7H3,(H,61,64)/t42-,43-,46-,47-,48-,49-/m1/s1. The second-order valence-corrected chi connectivity index (χ2v) is 32.9. The molecule has 444 valence electrons. The Morgan fingerprint density at radius 3 is 1.74 bits per heavy atom. The van der Waals surface area contributed by atoms with Crippen LogP contribution in [0.5, 0.6) is 11.5 Å². The summed E-state index contributed by atoms with van der Waals surface area (Å²) in [7, 11) is -6.84. The molecule has 1 saturated heterocycles. The number of rotatable bonds is 36. The molecule has 1 aliphatic rings. The van der Waals surface area contributed by atoms with Crippen molar-refractivity contribution in [3.05, 3.63) is 60.7 Å². The predicted molar refractivity (Wildman–Crippen MR) is 309 cm³/mol. The van der Waals surface area contributed by atoms with Gasteiger partial charge in [0.25, 0.3) is 0 Å². The lowest BCUT2D eigenvalue weighted by atomic mass is 9.96. The summed E-state index contributed by atoms with van der Waals surface area (Å²) in [5.74, 6) is -1.32. The number of carbonyl (C=O) groups excluding carboxylic acids is 4. The van der Waals surface area contributed by atoms with Crippen molar-refractivity contribution in [3.8, 4) is 11.5 Å². The van der Waals surface area contributed by atoms with Crippen molar-refractivity contribution >= 4 is 110 Å². The van der Waals surface area contributed by atoms with E-state index in [-0.39, 0.29) is 24.5 Å². The average Bonchev–Trinajstić information content (AvgIpc) is 3.34. The van der Waals surface area contributed by atoms with Gasteiger partial charge in [-0.3, -0.25) is 14.1 Å². The quantitative estimate of drug-likeness (QED) is 0.0169. The van der Waals surface area contributed by atoms with Crippen LogP contribution in [0.2, 0.25) is 25.7 Å². The fraction of sp³-hybridized carbons (Fsp3) is 0.704. The highest BCUT2D eigenvalue weighted by atomic mass is 35.6. The molecule has 1 fully saturated rings. The number of phosphoric acid groups is 1. The minimum atomic E-state index is -5.01. The molecule has 24 heteroatoms. The van der Waals surface area contributed by atoms with Gasteiger partial charge in [-0.05, 0) is 63.4 Å². The lowest BCUT2D eigenvalue weighted by Crippen LogP contribution is -2.66. The number of alkyl halides is 6. The lowest BCUT2D eigenvalue weighted by molar-refractivity contribution is -0.269. The van der Waals surface area contributed by atoms with E-state index >= 15 is 4.57 Å². The predicted octanol–water partition coefficient (Wildman–Crippen LogP) is 16.4. The van der Waals surface area contributed by atoms with E-state index in [1.807, 2.05) is 0 Å². The minimum Gasteiger partial charge on any atom is -0.462 e. The SMILES string of the molecule is CCCCCCCCCCC[C@H](CC(=O)O[C@@H]1[C@@H](NC(=O)OCC(Cl)(Cl)Cl)[C@H](OCC[Si](C)(C)C)O[C@H](COC(=O)OC(C)(C)C(Cl)(Cl)Cl)[C@H]1OP(=O)(Oc1ccccc1)Oc1ccccc1)OC(=O)CCCCCCCC. The Bertz CT molecular complexity index is 2060. The van der Waals surface area contributed by atoms with E-state index in [0.717, 1.165) is 70.6 Å². The van der Waals surface area contributed by atoms with Crippen LogP contribution < -0.4 is 14.4 Å². The summed E-state index contributed by atoms with van der Waals surface area (Å²) in [6, 6.07) is 14.9. The lowest BCUT2D eigenvalue weighted by Gasteiger charge is -2.45. The fourth-order valence-electron chi connectivity index (χ4n) is 7.85. The summed E-state index contributed by atoms with van der Waals surface area (Å²) in [6.07, 6.45) is 4.84. The van der Waals surface area contributed by atoms with Gasteiger partial charge in [0.15, 0.2) is 18.0 Å². The van der Waals surface area contributed by atoms with Gasteiger partial charge in [-0.1, -0.05) is 223 Å². The average molecular weight is 1260 g/mol. The number of esters is 2. The number of hydrogen-bond acceptors (Lipinski definition) is 15. The van der Waals surface area contributed by atoms with Gasteiger partial charge < -0.3 is 47.5 Å². The van der Waals surface area contributed by atoms with E-state index < -0.39 is 110 Å². The molecule has 1 aliphatic heterocycles. The number of carbonyl (C=O) groups is 4. The maximum atomic E-state index is 15.4. The van der Waals surface area contributed by atoms with Gasteiger partial charge in [0.05, 0.1) is 6.42 Å². The molecule has 2 aromatic rings. The molecule has 1 N–H and O–H groups in total. The third kappa shape index (κ3) is 29.0. The second-order valence-electron chi connectivity index (χ2n) is 21.0. The zero-order chi connectivity index (χ0) is 57.8. The Balaban J connectivity index is 2.19. The smallest absolute Gasteiger partial charge is 0.462 e. The number of phosphoric ester groups is 1. The van der Waals surface area contributed by atoms with Gasteiger partial charge in [-0.15, -0.1) is 0 Å². The summed E-state index contributed by atoms with van der Waals surface area (Å²) < 4.78 is 71.3. The molecule has 0 saturated carbocycles. The van der Waals surface area contributed by atoms with Crippen LogP contribution >= 0.6 is 77.4 Å². The van der Waals surface area contributed by atoms with Crippen molar-refractivity contribution in [1.82, 2.24) is 5.32 Å². The van der Waals surface area contributed by atoms with Crippen molar-refractivity contribution in [3.63, 3.8) is 0 Å². The molecule has 0 aliphatic carbocycles. The van der Waals surface area contributed by atoms with Gasteiger partial charge >= 0.3 is 32.0 Å². The van der Waals surface area contributed by atoms with Crippen LogP contribution in [-0.4, -0.2) is 102 Å². The molecule has 0 radical (unpaired) electrons. The third-order valence-corrected chi connectivity index (χ3v) is 17.1. The summed E-state index contributed by atoms with van der Waals surface area (Å²) >= 11 is 36.3. The first-order valence-electron chi connectivity index (χ1n) is 27.1. The van der Waals surface area contributed by atoms with Crippen molar-refractivity contribution in [2.45, 2.75) is 219 Å². The first kappa shape index (κ1) is 69.9. The van der Waals surface area contributed by atoms with Gasteiger partial charge in [-0.2, -0.15) is 0 Å². The number of nitrogens with one attached hydrogen (secondary N) is 1. The van der Waals surface area contributed by atoms with E-state index in [0.29, 0.717) is 25.3 Å². The number of amides is 1. The summed E-state index contributed by atoms with van der Waals surface area (Å²) in [5, 5.41) is 2.62. The Labute approximate surface area is 493 Å². The van der Waals surface area contributed by atoms with Crippen LogP contribution in [-0.2, 0) is 51.8 Å². The molecule has 3 rings (SSSR count). The number of unbranched alkanes of at least 4 members (excludes halogenated alkanes) is 13. The zero-order valence-electron chi connectivity index (χ0n) is 46.1. The van der Waals surface area contributed by atoms with Crippen LogP contribution in [0.3, 0.4) is 0 Å². The monoisotopic (exact) mass is 1250 g/mol. The van der Waals surface area contributed by atoms with Gasteiger partial charge in [0.2, 0.25) is 7.59 Å². The van der Waals surface area contributed by atoms with Gasteiger partial charge in [-0.25, -0.2) is 14.2 Å². The van der Waals surface area contributed by atoms with Crippen LogP contribution in [0.4, 0.5) is 9.59 Å². The van der Waals surface area contributed by atoms with E-state index in [2.05, 4.69) is 38.8 Å². The Hall–Kier alpha value is -2.41. The largest absolute Gasteiger partial charge is 0.588 e. The molecule has 0 bridgehead atoms. The van der Waals surface area contributed by atoms with Crippen molar-refractivity contribution in [2.75, 3.05) is 19.8 Å². The molecular formula is C54H82Cl6NO15PSi. The maximum absolute atomic E-state index is 15.4. The van der Waals surface area contributed by atoms with Crippen LogP contribution in [0.25, 0.3) is 0 Å². The maximum Gasteiger partial charge on any atom is 0.588 e. The summed E-state index contributed by atoms with van der Waals surface area (Å²) in [6.45, 7) is 11.9. The third-order valence-electron chi connectivity index (χ3n) is 12.3. The number of benzene rings is 2. The fourth-order valence-corrected chi connectivity index (χ4v) is 10.3. The molecule has 2 aromatic carbocycles.